The highest BCUT2D eigenvalue weighted by molar-refractivity contribution is 5.79. The molecule has 0 aliphatic heterocycles. The van der Waals surface area contributed by atoms with Gasteiger partial charge in [0.1, 0.15) is 0 Å². The lowest BCUT2D eigenvalue weighted by molar-refractivity contribution is 0.857. The van der Waals surface area contributed by atoms with Gasteiger partial charge in [-0.1, -0.05) is 17.7 Å². The molecule has 2 aromatic heterocycles. The number of rotatable bonds is 1. The smallest absolute Gasteiger partial charge is 0.267 e. The number of hydrogen-bond acceptors (Lipinski definition) is 3. The zero-order valence-electron chi connectivity index (χ0n) is 10.5. The van der Waals surface area contributed by atoms with Gasteiger partial charge in [0, 0.05) is 0 Å². The molecule has 0 fully saturated rings. The van der Waals surface area contributed by atoms with E-state index < -0.39 is 5.56 Å². The lowest BCUT2D eigenvalue weighted by Crippen LogP contribution is -2.18. The molecule has 6 heteroatoms. The molecule has 96 valence electrons. The SMILES string of the molecule is Cc1ccc(-n2nc3c(=O)[nH][nH]c(=O)c3c2C)cc1. The summed E-state index contributed by atoms with van der Waals surface area (Å²) in [6.45, 7) is 3.76. The number of nitrogens with zero attached hydrogens (tertiary/aromatic N) is 2. The van der Waals surface area contributed by atoms with Gasteiger partial charge in [-0.2, -0.15) is 5.10 Å². The van der Waals surface area contributed by atoms with Crippen molar-refractivity contribution in [2.24, 2.45) is 0 Å². The van der Waals surface area contributed by atoms with Gasteiger partial charge in [0.05, 0.1) is 16.8 Å². The summed E-state index contributed by atoms with van der Waals surface area (Å²) in [7, 11) is 0. The molecule has 2 N–H and O–H groups in total. The Bertz CT molecular complexity index is 868. The van der Waals surface area contributed by atoms with Crippen LogP contribution in [0.25, 0.3) is 16.6 Å². The number of aryl methyl sites for hydroxylation is 2. The Labute approximate surface area is 107 Å². The van der Waals surface area contributed by atoms with E-state index in [1.807, 2.05) is 31.2 Å². The van der Waals surface area contributed by atoms with Crippen LogP contribution in [0.3, 0.4) is 0 Å². The van der Waals surface area contributed by atoms with E-state index in [0.29, 0.717) is 11.1 Å². The Kier molecular flexibility index (Phi) is 2.38. The molecule has 0 bridgehead atoms. The summed E-state index contributed by atoms with van der Waals surface area (Å²) in [6, 6.07) is 7.71. The number of aromatic amines is 2. The molecule has 1 aromatic carbocycles. The molecule has 0 radical (unpaired) electrons. The minimum atomic E-state index is -0.399. The minimum absolute atomic E-state index is 0.154. The van der Waals surface area contributed by atoms with Gasteiger partial charge in [-0.05, 0) is 26.0 Å². The van der Waals surface area contributed by atoms with Gasteiger partial charge in [0.25, 0.3) is 11.1 Å². The number of aromatic nitrogens is 4. The van der Waals surface area contributed by atoms with Crippen molar-refractivity contribution in [1.29, 1.82) is 0 Å². The molecule has 0 spiro atoms. The summed E-state index contributed by atoms with van der Waals surface area (Å²) < 4.78 is 1.61. The fourth-order valence-electron chi connectivity index (χ4n) is 2.11. The maximum atomic E-state index is 11.8. The van der Waals surface area contributed by atoms with E-state index in [9.17, 15) is 9.59 Å². The van der Waals surface area contributed by atoms with Crippen molar-refractivity contribution >= 4 is 10.9 Å². The summed E-state index contributed by atoms with van der Waals surface area (Å²) in [4.78, 5) is 23.5. The van der Waals surface area contributed by atoms with E-state index in [0.717, 1.165) is 11.3 Å². The molecular formula is C13H12N4O2. The van der Waals surface area contributed by atoms with E-state index in [4.69, 9.17) is 0 Å². The molecule has 6 nitrogen and oxygen atoms in total. The largest absolute Gasteiger partial charge is 0.291 e. The Morgan fingerprint density at radius 3 is 2.26 bits per heavy atom. The molecule has 0 unspecified atom stereocenters. The molecular weight excluding hydrogens is 244 g/mol. The third kappa shape index (κ3) is 1.69. The molecule has 0 amide bonds. The van der Waals surface area contributed by atoms with Gasteiger partial charge in [-0.3, -0.25) is 19.8 Å². The van der Waals surface area contributed by atoms with Crippen molar-refractivity contribution in [2.45, 2.75) is 13.8 Å². The highest BCUT2D eigenvalue weighted by Gasteiger charge is 2.14. The molecule has 0 aliphatic carbocycles. The van der Waals surface area contributed by atoms with Crippen LogP contribution >= 0.6 is 0 Å². The van der Waals surface area contributed by atoms with Crippen molar-refractivity contribution in [3.63, 3.8) is 0 Å². The van der Waals surface area contributed by atoms with E-state index in [1.54, 1.807) is 11.6 Å². The second kappa shape index (κ2) is 3.94. The molecule has 2 heterocycles. The van der Waals surface area contributed by atoms with Gasteiger partial charge >= 0.3 is 0 Å². The fourth-order valence-corrected chi connectivity index (χ4v) is 2.11. The second-order valence-corrected chi connectivity index (χ2v) is 4.46. The van der Waals surface area contributed by atoms with Crippen LogP contribution in [-0.4, -0.2) is 20.0 Å². The summed E-state index contributed by atoms with van der Waals surface area (Å²) in [5.74, 6) is 0. The standard InChI is InChI=1S/C13H12N4O2/c1-7-3-5-9(6-4-7)17-8(2)10-11(16-17)13(19)15-14-12(10)18/h3-6H,1-2H3,(H,14,18)(H,15,19). The van der Waals surface area contributed by atoms with Crippen molar-refractivity contribution in [1.82, 2.24) is 20.0 Å². The molecule has 0 atom stereocenters. The van der Waals surface area contributed by atoms with Crippen LogP contribution in [0.4, 0.5) is 0 Å². The van der Waals surface area contributed by atoms with E-state index in [-0.39, 0.29) is 11.1 Å². The van der Waals surface area contributed by atoms with E-state index >= 15 is 0 Å². The topological polar surface area (TPSA) is 83.5 Å². The van der Waals surface area contributed by atoms with Crippen LogP contribution in [0.2, 0.25) is 0 Å². The van der Waals surface area contributed by atoms with E-state index in [2.05, 4.69) is 15.3 Å². The third-order valence-corrected chi connectivity index (χ3v) is 3.13. The zero-order chi connectivity index (χ0) is 13.6. The molecule has 0 aliphatic rings. The highest BCUT2D eigenvalue weighted by Crippen LogP contribution is 2.16. The summed E-state index contributed by atoms with van der Waals surface area (Å²) in [6.07, 6.45) is 0. The predicted octanol–water partition coefficient (Wildman–Crippen LogP) is 1.02. The second-order valence-electron chi connectivity index (χ2n) is 4.46. The van der Waals surface area contributed by atoms with Crippen LogP contribution < -0.4 is 11.1 Å². The minimum Gasteiger partial charge on any atom is -0.267 e. The maximum absolute atomic E-state index is 11.8. The number of H-pyrrole nitrogens is 2. The highest BCUT2D eigenvalue weighted by atomic mass is 16.1. The van der Waals surface area contributed by atoms with Crippen molar-refractivity contribution < 1.29 is 0 Å². The fraction of sp³-hybridized carbons (Fsp3) is 0.154. The van der Waals surface area contributed by atoms with Crippen LogP contribution in [0, 0.1) is 13.8 Å². The molecule has 0 saturated carbocycles. The predicted molar refractivity (Wildman–Crippen MR) is 71.8 cm³/mol. The van der Waals surface area contributed by atoms with Gasteiger partial charge in [0.2, 0.25) is 0 Å². The van der Waals surface area contributed by atoms with E-state index in [1.165, 1.54) is 0 Å². The first kappa shape index (κ1) is 11.5. The van der Waals surface area contributed by atoms with Crippen LogP contribution in [0.1, 0.15) is 11.3 Å². The first-order valence-electron chi connectivity index (χ1n) is 5.85. The molecule has 0 saturated heterocycles. The van der Waals surface area contributed by atoms with Gasteiger partial charge in [-0.25, -0.2) is 4.68 Å². The van der Waals surface area contributed by atoms with Gasteiger partial charge < -0.3 is 0 Å². The Hall–Kier alpha value is -2.63. The maximum Gasteiger partial charge on any atom is 0.291 e. The van der Waals surface area contributed by atoms with Crippen molar-refractivity contribution in [3.8, 4) is 5.69 Å². The number of nitrogens with one attached hydrogen (secondary N) is 2. The Morgan fingerprint density at radius 1 is 1.00 bits per heavy atom. The summed E-state index contributed by atoms with van der Waals surface area (Å²) >= 11 is 0. The third-order valence-electron chi connectivity index (χ3n) is 3.13. The molecule has 3 rings (SSSR count). The first-order valence-corrected chi connectivity index (χ1v) is 5.85. The quantitative estimate of drug-likeness (QED) is 0.681. The van der Waals surface area contributed by atoms with Crippen molar-refractivity contribution in [3.05, 3.63) is 56.2 Å². The number of fused-ring (bicyclic) bond motifs is 1. The average Bonchev–Trinajstić information content (AvgIpc) is 2.74. The van der Waals surface area contributed by atoms with Gasteiger partial charge in [-0.15, -0.1) is 0 Å². The lowest BCUT2D eigenvalue weighted by atomic mass is 10.2. The first-order chi connectivity index (χ1) is 9.08. The normalized spacial score (nSPS) is 11.1. The summed E-state index contributed by atoms with van der Waals surface area (Å²) in [5.41, 5.74) is 2.01. The average molecular weight is 256 g/mol. The zero-order valence-corrected chi connectivity index (χ0v) is 10.5. The van der Waals surface area contributed by atoms with Crippen LogP contribution in [0.15, 0.2) is 33.9 Å². The monoisotopic (exact) mass is 256 g/mol. The Morgan fingerprint density at radius 2 is 1.63 bits per heavy atom. The molecule has 19 heavy (non-hydrogen) atoms. The van der Waals surface area contributed by atoms with Crippen LogP contribution in [0.5, 0.6) is 0 Å². The van der Waals surface area contributed by atoms with Crippen molar-refractivity contribution in [2.75, 3.05) is 0 Å². The molecule has 3 aromatic rings. The van der Waals surface area contributed by atoms with Gasteiger partial charge in [0.15, 0.2) is 5.52 Å². The number of hydrogen-bond donors (Lipinski definition) is 2. The lowest BCUT2D eigenvalue weighted by Gasteiger charge is -2.03. The van der Waals surface area contributed by atoms with Crippen LogP contribution in [-0.2, 0) is 0 Å². The summed E-state index contributed by atoms with van der Waals surface area (Å²) in [5, 5.41) is 9.13. The number of benzene rings is 1. The Balaban J connectivity index is 2.38.